The number of carbonyl (C=O) groups is 1. The summed E-state index contributed by atoms with van der Waals surface area (Å²) >= 11 is 0. The van der Waals surface area contributed by atoms with Crippen molar-refractivity contribution in [3.63, 3.8) is 0 Å². The van der Waals surface area contributed by atoms with Crippen LogP contribution in [0, 0.1) is 6.92 Å². The molecule has 0 radical (unpaired) electrons. The summed E-state index contributed by atoms with van der Waals surface area (Å²) in [7, 11) is 4.06. The molecule has 0 aliphatic rings. The zero-order valence-corrected chi connectivity index (χ0v) is 17.3. The number of hydrogen-bond donors (Lipinski definition) is 1. The van der Waals surface area contributed by atoms with Crippen molar-refractivity contribution in [1.29, 1.82) is 0 Å². The number of anilines is 1. The van der Waals surface area contributed by atoms with E-state index in [1.807, 2.05) is 32.6 Å². The number of imidazole rings is 1. The fourth-order valence-corrected chi connectivity index (χ4v) is 3.49. The molecule has 0 saturated carbocycles. The molecule has 0 saturated heterocycles. The Balaban J connectivity index is 1.96. The van der Waals surface area contributed by atoms with Crippen LogP contribution in [0.3, 0.4) is 0 Å². The molecule has 28 heavy (non-hydrogen) atoms. The van der Waals surface area contributed by atoms with Gasteiger partial charge in [0.05, 0.1) is 5.69 Å². The number of aromatic nitrogens is 2. The predicted molar refractivity (Wildman–Crippen MR) is 115 cm³/mol. The van der Waals surface area contributed by atoms with Gasteiger partial charge in [0.2, 0.25) is 5.91 Å². The molecule has 1 N–H and O–H groups in total. The zero-order chi connectivity index (χ0) is 20.1. The molecule has 1 amide bonds. The van der Waals surface area contributed by atoms with E-state index in [2.05, 4.69) is 63.8 Å². The molecule has 0 bridgehead atoms. The minimum absolute atomic E-state index is 0.0466. The highest BCUT2D eigenvalue weighted by atomic mass is 16.1. The fourth-order valence-electron chi connectivity index (χ4n) is 3.49. The normalized spacial score (nSPS) is 12.1. The van der Waals surface area contributed by atoms with E-state index in [1.54, 1.807) is 0 Å². The summed E-state index contributed by atoms with van der Waals surface area (Å²) in [5.41, 5.74) is 5.38. The molecular formula is C23H30N4O. The lowest BCUT2D eigenvalue weighted by Crippen LogP contribution is -2.26. The summed E-state index contributed by atoms with van der Waals surface area (Å²) in [6.07, 6.45) is 6.42. The summed E-state index contributed by atoms with van der Waals surface area (Å²) in [4.78, 5) is 19.3. The highest BCUT2D eigenvalue weighted by molar-refractivity contribution is 5.77. The number of benzene rings is 1. The maximum absolute atomic E-state index is 12.6. The molecule has 1 aromatic carbocycles. The first-order chi connectivity index (χ1) is 13.5. The maximum atomic E-state index is 12.6. The number of rotatable bonds is 8. The molecule has 0 spiro atoms. The van der Waals surface area contributed by atoms with E-state index in [9.17, 15) is 4.79 Å². The van der Waals surface area contributed by atoms with Crippen LogP contribution in [0.4, 0.5) is 5.69 Å². The molecule has 0 fully saturated rings. The third kappa shape index (κ3) is 4.35. The van der Waals surface area contributed by atoms with Crippen molar-refractivity contribution in [2.24, 2.45) is 0 Å². The summed E-state index contributed by atoms with van der Waals surface area (Å²) in [6, 6.07) is 12.5. The molecule has 148 valence electrons. The molecule has 2 heterocycles. The lowest BCUT2D eigenvalue weighted by atomic mass is 9.92. The molecule has 1 atom stereocenters. The van der Waals surface area contributed by atoms with Crippen LogP contribution in [0.5, 0.6) is 0 Å². The molecule has 0 aliphatic heterocycles. The quantitative estimate of drug-likeness (QED) is 0.599. The van der Waals surface area contributed by atoms with Gasteiger partial charge in [-0.05, 0) is 42.7 Å². The van der Waals surface area contributed by atoms with E-state index < -0.39 is 0 Å². The number of pyridine rings is 1. The standard InChI is InChI=1S/C23H30N4O/c1-5-6-13-24-22(28)15-20(18-9-11-19(12-10-18)26(3)4)21-16-25-23-17(2)8-7-14-27(21)23/h7-12,14,16,20H,5-6,13,15H2,1-4H3,(H,24,28). The largest absolute Gasteiger partial charge is 0.378 e. The Morgan fingerprint density at radius 1 is 1.21 bits per heavy atom. The van der Waals surface area contributed by atoms with Gasteiger partial charge in [0, 0.05) is 51.1 Å². The second-order valence-corrected chi connectivity index (χ2v) is 7.51. The minimum Gasteiger partial charge on any atom is -0.378 e. The van der Waals surface area contributed by atoms with Gasteiger partial charge in [-0.1, -0.05) is 31.5 Å². The van der Waals surface area contributed by atoms with E-state index >= 15 is 0 Å². The van der Waals surface area contributed by atoms with Crippen molar-refractivity contribution in [2.45, 2.75) is 39.0 Å². The van der Waals surface area contributed by atoms with Gasteiger partial charge in [0.1, 0.15) is 5.65 Å². The number of amides is 1. The van der Waals surface area contributed by atoms with Crippen molar-refractivity contribution >= 4 is 17.2 Å². The van der Waals surface area contributed by atoms with Crippen molar-refractivity contribution in [3.8, 4) is 0 Å². The summed E-state index contributed by atoms with van der Waals surface area (Å²) in [5.74, 6) is 0.0346. The first-order valence-corrected chi connectivity index (χ1v) is 9.97. The van der Waals surface area contributed by atoms with Gasteiger partial charge in [0.15, 0.2) is 0 Å². The highest BCUT2D eigenvalue weighted by Crippen LogP contribution is 2.30. The van der Waals surface area contributed by atoms with Crippen LogP contribution >= 0.6 is 0 Å². The van der Waals surface area contributed by atoms with Crippen LogP contribution in [-0.4, -0.2) is 35.9 Å². The Bertz CT molecular complexity index is 927. The molecular weight excluding hydrogens is 348 g/mol. The first kappa shape index (κ1) is 19.9. The summed E-state index contributed by atoms with van der Waals surface area (Å²) < 4.78 is 2.11. The number of aryl methyl sites for hydroxylation is 1. The van der Waals surface area contributed by atoms with Crippen LogP contribution in [-0.2, 0) is 4.79 Å². The topological polar surface area (TPSA) is 49.6 Å². The average molecular weight is 379 g/mol. The van der Waals surface area contributed by atoms with Gasteiger partial charge in [-0.25, -0.2) is 4.98 Å². The smallest absolute Gasteiger partial charge is 0.221 e. The molecule has 5 nitrogen and oxygen atoms in total. The molecule has 3 aromatic rings. The Hall–Kier alpha value is -2.82. The number of nitrogens with zero attached hydrogens (tertiary/aromatic N) is 3. The molecule has 1 unspecified atom stereocenters. The first-order valence-electron chi connectivity index (χ1n) is 9.97. The van der Waals surface area contributed by atoms with Crippen LogP contribution in [0.2, 0.25) is 0 Å². The lowest BCUT2D eigenvalue weighted by molar-refractivity contribution is -0.121. The van der Waals surface area contributed by atoms with E-state index in [4.69, 9.17) is 0 Å². The van der Waals surface area contributed by atoms with E-state index in [0.717, 1.165) is 47.5 Å². The van der Waals surface area contributed by atoms with Crippen LogP contribution in [0.15, 0.2) is 48.8 Å². The zero-order valence-electron chi connectivity index (χ0n) is 17.3. The third-order valence-electron chi connectivity index (χ3n) is 5.17. The minimum atomic E-state index is -0.0466. The van der Waals surface area contributed by atoms with E-state index in [-0.39, 0.29) is 11.8 Å². The van der Waals surface area contributed by atoms with Crippen molar-refractivity contribution in [3.05, 3.63) is 65.6 Å². The molecule has 2 aromatic heterocycles. The monoisotopic (exact) mass is 378 g/mol. The van der Waals surface area contributed by atoms with Gasteiger partial charge in [-0.2, -0.15) is 0 Å². The second kappa shape index (κ2) is 8.91. The van der Waals surface area contributed by atoms with Gasteiger partial charge >= 0.3 is 0 Å². The number of unbranched alkanes of at least 4 members (excludes halogenated alkanes) is 1. The SMILES string of the molecule is CCCCNC(=O)CC(c1ccc(N(C)C)cc1)c1cnc2c(C)cccn12. The van der Waals surface area contributed by atoms with Crippen molar-refractivity contribution in [2.75, 3.05) is 25.5 Å². The Kier molecular flexibility index (Phi) is 6.34. The van der Waals surface area contributed by atoms with Crippen LogP contribution in [0.25, 0.3) is 5.65 Å². The van der Waals surface area contributed by atoms with E-state index in [0.29, 0.717) is 6.42 Å². The Labute approximate surface area is 167 Å². The van der Waals surface area contributed by atoms with E-state index in [1.165, 1.54) is 0 Å². The molecule has 3 rings (SSSR count). The molecule has 5 heteroatoms. The Morgan fingerprint density at radius 2 is 1.96 bits per heavy atom. The van der Waals surface area contributed by atoms with Crippen LogP contribution in [0.1, 0.15) is 48.9 Å². The number of hydrogen-bond acceptors (Lipinski definition) is 3. The van der Waals surface area contributed by atoms with Gasteiger partial charge in [-0.15, -0.1) is 0 Å². The maximum Gasteiger partial charge on any atom is 0.221 e. The fraction of sp³-hybridized carbons (Fsp3) is 0.391. The average Bonchev–Trinajstić information content (AvgIpc) is 3.12. The highest BCUT2D eigenvalue weighted by Gasteiger charge is 2.22. The molecule has 0 aliphatic carbocycles. The van der Waals surface area contributed by atoms with Gasteiger partial charge in [-0.3, -0.25) is 4.79 Å². The number of nitrogens with one attached hydrogen (secondary N) is 1. The summed E-state index contributed by atoms with van der Waals surface area (Å²) in [5, 5.41) is 3.06. The Morgan fingerprint density at radius 3 is 2.64 bits per heavy atom. The third-order valence-corrected chi connectivity index (χ3v) is 5.17. The predicted octanol–water partition coefficient (Wildman–Crippen LogP) is 4.15. The number of fused-ring (bicyclic) bond motifs is 1. The van der Waals surface area contributed by atoms with Crippen LogP contribution < -0.4 is 10.2 Å². The van der Waals surface area contributed by atoms with Gasteiger partial charge < -0.3 is 14.6 Å². The lowest BCUT2D eigenvalue weighted by Gasteiger charge is -2.19. The van der Waals surface area contributed by atoms with Crippen molar-refractivity contribution < 1.29 is 4.79 Å². The summed E-state index contributed by atoms with van der Waals surface area (Å²) in [6.45, 7) is 4.92. The van der Waals surface area contributed by atoms with Crippen molar-refractivity contribution in [1.82, 2.24) is 14.7 Å². The second-order valence-electron chi connectivity index (χ2n) is 7.51. The van der Waals surface area contributed by atoms with Gasteiger partial charge in [0.25, 0.3) is 0 Å². The number of carbonyl (C=O) groups excluding carboxylic acids is 1.